The number of carbonyl (C=O) groups excluding carboxylic acids is 4. The molecular formula is C79H154O17P2. The number of aliphatic hydroxyl groups excluding tert-OH is 1. The fourth-order valence-corrected chi connectivity index (χ4v) is 13.7. The molecule has 17 nitrogen and oxygen atoms in total. The van der Waals surface area contributed by atoms with E-state index in [1.54, 1.807) is 0 Å². The topological polar surface area (TPSA) is 237 Å². The molecule has 0 radical (unpaired) electrons. The highest BCUT2D eigenvalue weighted by molar-refractivity contribution is 7.47. The zero-order valence-electron chi connectivity index (χ0n) is 64.1. The van der Waals surface area contributed by atoms with Crippen molar-refractivity contribution in [2.75, 3.05) is 39.6 Å². The van der Waals surface area contributed by atoms with Crippen molar-refractivity contribution in [2.24, 2.45) is 11.8 Å². The molecule has 0 heterocycles. The molecule has 0 aromatic heterocycles. The van der Waals surface area contributed by atoms with Gasteiger partial charge in [-0.05, 0) is 37.5 Å². The summed E-state index contributed by atoms with van der Waals surface area (Å²) in [5.74, 6) is -0.600. The largest absolute Gasteiger partial charge is 0.472 e. The van der Waals surface area contributed by atoms with Crippen LogP contribution in [0.5, 0.6) is 0 Å². The van der Waals surface area contributed by atoms with Gasteiger partial charge in [0.05, 0.1) is 26.4 Å². The van der Waals surface area contributed by atoms with Gasteiger partial charge in [-0.3, -0.25) is 37.3 Å². The van der Waals surface area contributed by atoms with Crippen LogP contribution in [0.25, 0.3) is 0 Å². The van der Waals surface area contributed by atoms with E-state index in [2.05, 4.69) is 41.5 Å². The molecule has 0 aliphatic carbocycles. The molecule has 3 N–H and O–H groups in total. The molecule has 0 saturated heterocycles. The molecule has 6 atom stereocenters. The fraction of sp³-hybridized carbons (Fsp3) is 0.949. The second-order valence-corrected chi connectivity index (χ2v) is 32.1. The van der Waals surface area contributed by atoms with E-state index < -0.39 is 97.5 Å². The van der Waals surface area contributed by atoms with E-state index in [0.29, 0.717) is 25.7 Å². The molecule has 0 spiro atoms. The van der Waals surface area contributed by atoms with Crippen LogP contribution in [-0.4, -0.2) is 96.7 Å². The maximum absolute atomic E-state index is 13.1. The summed E-state index contributed by atoms with van der Waals surface area (Å²) in [4.78, 5) is 72.9. The predicted octanol–water partition coefficient (Wildman–Crippen LogP) is 23.5. The highest BCUT2D eigenvalue weighted by atomic mass is 31.2. The van der Waals surface area contributed by atoms with Crippen LogP contribution in [0.2, 0.25) is 0 Å². The molecule has 0 rings (SSSR count). The Morgan fingerprint density at radius 3 is 0.776 bits per heavy atom. The molecule has 0 fully saturated rings. The molecule has 0 aliphatic heterocycles. The Balaban J connectivity index is 5.21. The monoisotopic (exact) mass is 1440 g/mol. The van der Waals surface area contributed by atoms with Gasteiger partial charge in [0.15, 0.2) is 12.2 Å². The average Bonchev–Trinajstić information content (AvgIpc) is 0.976. The first kappa shape index (κ1) is 96.1. The van der Waals surface area contributed by atoms with E-state index >= 15 is 0 Å². The van der Waals surface area contributed by atoms with Crippen LogP contribution in [0.4, 0.5) is 0 Å². The summed E-state index contributed by atoms with van der Waals surface area (Å²) in [5.41, 5.74) is 0. The van der Waals surface area contributed by atoms with E-state index in [-0.39, 0.29) is 25.7 Å². The Hall–Kier alpha value is -1.94. The first-order valence-corrected chi connectivity index (χ1v) is 44.0. The molecule has 0 bridgehead atoms. The summed E-state index contributed by atoms with van der Waals surface area (Å²) in [5, 5.41) is 10.6. The van der Waals surface area contributed by atoms with Gasteiger partial charge in [-0.25, -0.2) is 9.13 Å². The lowest BCUT2D eigenvalue weighted by molar-refractivity contribution is -0.161. The first-order chi connectivity index (χ1) is 47.4. The van der Waals surface area contributed by atoms with Gasteiger partial charge in [-0.15, -0.1) is 0 Å². The number of phosphoric acid groups is 2. The van der Waals surface area contributed by atoms with Crippen molar-refractivity contribution in [2.45, 2.75) is 432 Å². The molecule has 0 amide bonds. The van der Waals surface area contributed by atoms with E-state index in [9.17, 15) is 43.2 Å². The van der Waals surface area contributed by atoms with Crippen molar-refractivity contribution in [3.05, 3.63) is 0 Å². The number of aliphatic hydroxyl groups is 1. The van der Waals surface area contributed by atoms with E-state index in [1.165, 1.54) is 225 Å². The van der Waals surface area contributed by atoms with Crippen molar-refractivity contribution in [1.82, 2.24) is 0 Å². The molecule has 582 valence electrons. The van der Waals surface area contributed by atoms with E-state index in [4.69, 9.17) is 37.0 Å². The molecular weight excluding hydrogens is 1280 g/mol. The maximum Gasteiger partial charge on any atom is 0.472 e. The van der Waals surface area contributed by atoms with Crippen LogP contribution in [0.15, 0.2) is 0 Å². The molecule has 0 aliphatic rings. The zero-order valence-corrected chi connectivity index (χ0v) is 65.9. The highest BCUT2D eigenvalue weighted by Crippen LogP contribution is 2.45. The van der Waals surface area contributed by atoms with Crippen molar-refractivity contribution in [3.8, 4) is 0 Å². The standard InChI is InChI=1S/C79H154O17P2/c1-7-10-12-14-16-18-20-22-23-24-25-26-27-28-29-30-36-40-44-52-58-64-79(84)95-74(67-89-76(81)61-55-49-42-38-35-32-31-33-37-41-47-53-59-71(4)5)69-93-97(85,86)91-65-73(80)66-92-98(87,88)94-70-75(68-90-77(82)62-56-50-46-45-48-54-60-72(6)9-3)96-78(83)63-57-51-43-39-34-21-19-17-15-13-11-8-2/h71-75,80H,7-70H2,1-6H3,(H,85,86)(H,87,88)/t72?,73-,74-,75-/m1/s1. The summed E-state index contributed by atoms with van der Waals surface area (Å²) in [6, 6.07) is 0. The van der Waals surface area contributed by atoms with Crippen LogP contribution >= 0.6 is 15.6 Å². The van der Waals surface area contributed by atoms with Crippen LogP contribution in [-0.2, 0) is 65.4 Å². The normalized spacial score (nSPS) is 14.2. The summed E-state index contributed by atoms with van der Waals surface area (Å²) in [7, 11) is -9.91. The number of rotatable bonds is 78. The summed E-state index contributed by atoms with van der Waals surface area (Å²) in [6.45, 7) is 9.59. The maximum atomic E-state index is 13.1. The SMILES string of the molecule is CCCCCCCCCCCCCCCCCCCCCCCC(=O)O[C@H](COC(=O)CCCCCCCCCCCCCCC(C)C)COP(=O)(O)OC[C@@H](O)COP(=O)(O)OC[C@@H](COC(=O)CCCCCCCCC(C)CC)OC(=O)CCCCCCCCCCCCCC. The van der Waals surface area contributed by atoms with E-state index in [1.807, 2.05) is 0 Å². The smallest absolute Gasteiger partial charge is 0.462 e. The lowest BCUT2D eigenvalue weighted by Crippen LogP contribution is -2.30. The Morgan fingerprint density at radius 1 is 0.296 bits per heavy atom. The van der Waals surface area contributed by atoms with Crippen LogP contribution in [0.1, 0.15) is 414 Å². The van der Waals surface area contributed by atoms with Gasteiger partial charge in [0.1, 0.15) is 19.3 Å². The van der Waals surface area contributed by atoms with Crippen molar-refractivity contribution < 1.29 is 80.2 Å². The van der Waals surface area contributed by atoms with Crippen LogP contribution in [0.3, 0.4) is 0 Å². The molecule has 19 heteroatoms. The molecule has 0 aromatic carbocycles. The minimum absolute atomic E-state index is 0.107. The summed E-state index contributed by atoms with van der Waals surface area (Å²) in [6.07, 6.45) is 59.7. The second kappa shape index (κ2) is 70.7. The third kappa shape index (κ3) is 71.1. The van der Waals surface area contributed by atoms with Gasteiger partial charge in [0.25, 0.3) is 0 Å². The third-order valence-electron chi connectivity index (χ3n) is 18.8. The van der Waals surface area contributed by atoms with Crippen molar-refractivity contribution in [3.63, 3.8) is 0 Å². The quantitative estimate of drug-likeness (QED) is 0.0222. The molecule has 3 unspecified atom stereocenters. The van der Waals surface area contributed by atoms with Gasteiger partial charge >= 0.3 is 39.5 Å². The number of hydrogen-bond acceptors (Lipinski definition) is 15. The number of phosphoric ester groups is 2. The highest BCUT2D eigenvalue weighted by Gasteiger charge is 2.30. The van der Waals surface area contributed by atoms with Crippen LogP contribution in [0, 0.1) is 11.8 Å². The van der Waals surface area contributed by atoms with Crippen LogP contribution < -0.4 is 0 Å². The number of unbranched alkanes of at least 4 members (excludes halogenated alkanes) is 47. The van der Waals surface area contributed by atoms with E-state index in [0.717, 1.165) is 108 Å². The van der Waals surface area contributed by atoms with Crippen molar-refractivity contribution in [1.29, 1.82) is 0 Å². The Morgan fingerprint density at radius 2 is 0.520 bits per heavy atom. The second-order valence-electron chi connectivity index (χ2n) is 29.2. The lowest BCUT2D eigenvalue weighted by atomic mass is 10.00. The minimum atomic E-state index is -4.96. The Labute approximate surface area is 600 Å². The fourth-order valence-electron chi connectivity index (χ4n) is 12.2. The summed E-state index contributed by atoms with van der Waals surface area (Å²) >= 11 is 0. The minimum Gasteiger partial charge on any atom is -0.462 e. The number of carbonyl (C=O) groups is 4. The predicted molar refractivity (Wildman–Crippen MR) is 400 cm³/mol. The van der Waals surface area contributed by atoms with Gasteiger partial charge in [-0.1, -0.05) is 363 Å². The number of esters is 4. The number of ether oxygens (including phenoxy) is 4. The van der Waals surface area contributed by atoms with Gasteiger partial charge in [0, 0.05) is 25.7 Å². The molecule has 0 aromatic rings. The first-order valence-electron chi connectivity index (χ1n) is 41.0. The third-order valence-corrected chi connectivity index (χ3v) is 20.7. The molecule has 0 saturated carbocycles. The summed E-state index contributed by atoms with van der Waals surface area (Å²) < 4.78 is 68.6. The number of hydrogen-bond donors (Lipinski definition) is 3. The van der Waals surface area contributed by atoms with Gasteiger partial charge in [-0.2, -0.15) is 0 Å². The lowest BCUT2D eigenvalue weighted by Gasteiger charge is -2.21. The van der Waals surface area contributed by atoms with Crippen molar-refractivity contribution >= 4 is 39.5 Å². The average molecular weight is 1440 g/mol. The van der Waals surface area contributed by atoms with Gasteiger partial charge in [0.2, 0.25) is 0 Å². The van der Waals surface area contributed by atoms with Gasteiger partial charge < -0.3 is 33.8 Å². The Bertz CT molecular complexity index is 1890. The molecule has 98 heavy (non-hydrogen) atoms. The zero-order chi connectivity index (χ0) is 72.1. The Kier molecular flexibility index (Phi) is 69.3.